The van der Waals surface area contributed by atoms with Gasteiger partial charge in [0.1, 0.15) is 6.04 Å². The monoisotopic (exact) mass is 554 g/mol. The second-order valence-corrected chi connectivity index (χ2v) is 12.9. The molecule has 2 heterocycles. The molecule has 2 aliphatic heterocycles. The predicted octanol–water partition coefficient (Wildman–Crippen LogP) is 2.02. The maximum atomic E-state index is 13.4. The lowest BCUT2D eigenvalue weighted by atomic mass is 9.86. The zero-order chi connectivity index (χ0) is 27.6. The van der Waals surface area contributed by atoms with Gasteiger partial charge in [-0.2, -0.15) is 4.31 Å². The van der Waals surface area contributed by atoms with Crippen LogP contribution in [0.2, 0.25) is 0 Å². The molecule has 0 aromatic heterocycles. The van der Waals surface area contributed by atoms with Gasteiger partial charge >= 0.3 is 0 Å². The quantitative estimate of drug-likeness (QED) is 0.482. The van der Waals surface area contributed by atoms with E-state index in [9.17, 15) is 23.1 Å². The second-order valence-electron chi connectivity index (χ2n) is 11.0. The highest BCUT2D eigenvalue weighted by molar-refractivity contribution is 7.89. The molecule has 9 nitrogen and oxygen atoms in total. The molecule has 0 bridgehead atoms. The van der Waals surface area contributed by atoms with E-state index in [1.54, 1.807) is 12.1 Å². The Kier molecular flexibility index (Phi) is 8.37. The van der Waals surface area contributed by atoms with Crippen LogP contribution in [0.5, 0.6) is 0 Å². The number of amides is 2. The Labute approximate surface area is 230 Å². The third-order valence-corrected chi connectivity index (χ3v) is 9.95. The number of nitrogens with one attached hydrogen (secondary N) is 2. The first-order chi connectivity index (χ1) is 18.7. The Morgan fingerprint density at radius 2 is 1.90 bits per heavy atom. The number of aliphatic hydroxyl groups excluding tert-OH is 1. The fourth-order valence-corrected chi connectivity index (χ4v) is 7.59. The van der Waals surface area contributed by atoms with Crippen LogP contribution in [0.25, 0.3) is 0 Å². The van der Waals surface area contributed by atoms with Crippen LogP contribution in [0.15, 0.2) is 47.4 Å². The standard InChI is InChI=1S/C29H38N4O5S/c1-20-7-10-24(11-8-20)39(37,38)33-15-13-30-29(36)27(33)17-28(35)31-26-6-2-4-22-16-21(9-12-25(22)26)18-32-14-3-5-23(34)19-32/h7-12,16,23,26-27,34H,2-6,13-15,17-19H2,1H3,(H,30,36)(H,31,35)/t23-,26-,27-/m1/s1. The van der Waals surface area contributed by atoms with Gasteiger partial charge < -0.3 is 15.7 Å². The summed E-state index contributed by atoms with van der Waals surface area (Å²) >= 11 is 0. The van der Waals surface area contributed by atoms with Crippen LogP contribution < -0.4 is 10.6 Å². The SMILES string of the molecule is Cc1ccc(S(=O)(=O)N2CCNC(=O)[C@H]2CC(=O)N[C@@H]2CCCc3cc(CN4CCC[C@@H](O)C4)ccc32)cc1. The van der Waals surface area contributed by atoms with Crippen molar-refractivity contribution in [1.29, 1.82) is 0 Å². The van der Waals surface area contributed by atoms with E-state index in [2.05, 4.69) is 33.7 Å². The van der Waals surface area contributed by atoms with E-state index in [0.29, 0.717) is 6.54 Å². The molecule has 10 heteroatoms. The molecule has 3 N–H and O–H groups in total. The van der Waals surface area contributed by atoms with Crippen molar-refractivity contribution in [3.8, 4) is 0 Å². The molecule has 3 atom stereocenters. The van der Waals surface area contributed by atoms with Crippen molar-refractivity contribution in [3.05, 3.63) is 64.7 Å². The van der Waals surface area contributed by atoms with E-state index < -0.39 is 22.0 Å². The zero-order valence-corrected chi connectivity index (χ0v) is 23.3. The normalized spacial score (nSPS) is 24.6. The van der Waals surface area contributed by atoms with Crippen LogP contribution in [0.1, 0.15) is 60.4 Å². The molecule has 2 amide bonds. The highest BCUT2D eigenvalue weighted by atomic mass is 32.2. The molecule has 0 unspecified atom stereocenters. The number of rotatable bonds is 7. The number of carbonyl (C=O) groups is 2. The number of sulfonamides is 1. The number of benzene rings is 2. The van der Waals surface area contributed by atoms with Crippen LogP contribution in [0, 0.1) is 6.92 Å². The lowest BCUT2D eigenvalue weighted by molar-refractivity contribution is -0.132. The molecule has 2 fully saturated rings. The van der Waals surface area contributed by atoms with Gasteiger partial charge in [-0.1, -0.05) is 35.9 Å². The van der Waals surface area contributed by atoms with Gasteiger partial charge in [0.25, 0.3) is 0 Å². The van der Waals surface area contributed by atoms with Crippen molar-refractivity contribution in [2.45, 2.75) is 75.1 Å². The summed E-state index contributed by atoms with van der Waals surface area (Å²) in [5, 5.41) is 15.8. The molecule has 2 aromatic carbocycles. The Morgan fingerprint density at radius 1 is 1.10 bits per heavy atom. The maximum Gasteiger partial charge on any atom is 0.243 e. The third-order valence-electron chi connectivity index (χ3n) is 8.03. The molecule has 210 valence electrons. The number of piperazine rings is 1. The van der Waals surface area contributed by atoms with Crippen molar-refractivity contribution in [1.82, 2.24) is 19.8 Å². The fraction of sp³-hybridized carbons (Fsp3) is 0.517. The first-order valence-corrected chi connectivity index (χ1v) is 15.3. The maximum absolute atomic E-state index is 13.4. The number of aryl methyl sites for hydroxylation is 2. The summed E-state index contributed by atoms with van der Waals surface area (Å²) in [7, 11) is -3.94. The topological polar surface area (TPSA) is 119 Å². The van der Waals surface area contributed by atoms with E-state index in [4.69, 9.17) is 0 Å². The molecule has 1 aliphatic carbocycles. The lowest BCUT2D eigenvalue weighted by Gasteiger charge is -2.34. The third kappa shape index (κ3) is 6.35. The van der Waals surface area contributed by atoms with Crippen LogP contribution in [0.4, 0.5) is 0 Å². The number of carbonyl (C=O) groups excluding carboxylic acids is 2. The van der Waals surface area contributed by atoms with Crippen molar-refractivity contribution in [2.75, 3.05) is 26.2 Å². The number of piperidine rings is 1. The Balaban J connectivity index is 1.27. The number of nitrogens with zero attached hydrogens (tertiary/aromatic N) is 2. The number of β-amino-alcohol motifs (C(OH)–C–C–N with tert-alkyl or cyclic N) is 1. The first-order valence-electron chi connectivity index (χ1n) is 13.9. The van der Waals surface area contributed by atoms with Gasteiger partial charge in [0.15, 0.2) is 0 Å². The van der Waals surface area contributed by atoms with Crippen molar-refractivity contribution >= 4 is 21.8 Å². The van der Waals surface area contributed by atoms with Gasteiger partial charge in [0.2, 0.25) is 21.8 Å². The second kappa shape index (κ2) is 11.8. The minimum Gasteiger partial charge on any atom is -0.392 e. The van der Waals surface area contributed by atoms with Gasteiger partial charge in [-0.25, -0.2) is 8.42 Å². The summed E-state index contributed by atoms with van der Waals surface area (Å²) < 4.78 is 27.9. The molecule has 0 saturated carbocycles. The van der Waals surface area contributed by atoms with Crippen LogP contribution in [0.3, 0.4) is 0 Å². The predicted molar refractivity (Wildman–Crippen MR) is 147 cm³/mol. The molecule has 2 aromatic rings. The smallest absolute Gasteiger partial charge is 0.243 e. The average Bonchev–Trinajstić information content (AvgIpc) is 2.90. The minimum absolute atomic E-state index is 0.114. The average molecular weight is 555 g/mol. The number of fused-ring (bicyclic) bond motifs is 1. The summed E-state index contributed by atoms with van der Waals surface area (Å²) in [6, 6.07) is 11.6. The highest BCUT2D eigenvalue weighted by Crippen LogP contribution is 2.31. The highest BCUT2D eigenvalue weighted by Gasteiger charge is 2.40. The van der Waals surface area contributed by atoms with Gasteiger partial charge in [0.05, 0.1) is 23.5 Å². The Hall–Kier alpha value is -2.79. The van der Waals surface area contributed by atoms with Crippen molar-refractivity contribution in [3.63, 3.8) is 0 Å². The molecule has 39 heavy (non-hydrogen) atoms. The van der Waals surface area contributed by atoms with Gasteiger partial charge in [-0.3, -0.25) is 14.5 Å². The van der Waals surface area contributed by atoms with E-state index in [0.717, 1.165) is 60.6 Å². The van der Waals surface area contributed by atoms with Gasteiger partial charge in [-0.15, -0.1) is 0 Å². The van der Waals surface area contributed by atoms with Crippen LogP contribution >= 0.6 is 0 Å². The molecule has 0 radical (unpaired) electrons. The number of hydrogen-bond donors (Lipinski definition) is 3. The Bertz CT molecular complexity index is 1310. The molecule has 3 aliphatic rings. The Morgan fingerprint density at radius 3 is 2.67 bits per heavy atom. The van der Waals surface area contributed by atoms with Crippen molar-refractivity contribution < 1.29 is 23.1 Å². The van der Waals surface area contributed by atoms with E-state index in [1.807, 2.05) is 6.92 Å². The summed E-state index contributed by atoms with van der Waals surface area (Å²) in [6.45, 7) is 4.67. The number of aliphatic hydroxyl groups is 1. The van der Waals surface area contributed by atoms with E-state index >= 15 is 0 Å². The first kappa shape index (κ1) is 27.8. The van der Waals surface area contributed by atoms with Crippen LogP contribution in [-0.2, 0) is 32.6 Å². The van der Waals surface area contributed by atoms with Crippen LogP contribution in [-0.4, -0.2) is 72.9 Å². The molecule has 5 rings (SSSR count). The van der Waals surface area contributed by atoms with E-state index in [-0.39, 0.29) is 42.5 Å². The largest absolute Gasteiger partial charge is 0.392 e. The summed E-state index contributed by atoms with van der Waals surface area (Å²) in [4.78, 5) is 28.4. The fourth-order valence-electron chi connectivity index (χ4n) is 6.00. The molecular formula is C29H38N4O5S. The summed E-state index contributed by atoms with van der Waals surface area (Å²) in [6.07, 6.45) is 4.03. The van der Waals surface area contributed by atoms with Crippen molar-refractivity contribution in [2.24, 2.45) is 0 Å². The van der Waals surface area contributed by atoms with E-state index in [1.165, 1.54) is 23.3 Å². The summed E-state index contributed by atoms with van der Waals surface area (Å²) in [5.74, 6) is -0.797. The van der Waals surface area contributed by atoms with Gasteiger partial charge in [0, 0.05) is 26.2 Å². The summed E-state index contributed by atoms with van der Waals surface area (Å²) in [5.41, 5.74) is 4.42. The lowest BCUT2D eigenvalue weighted by Crippen LogP contribution is -2.58. The molecular weight excluding hydrogens is 516 g/mol. The molecule has 0 spiro atoms. The minimum atomic E-state index is -3.94. The zero-order valence-electron chi connectivity index (χ0n) is 22.4. The number of likely N-dealkylation sites (tertiary alicyclic amines) is 1. The van der Waals surface area contributed by atoms with Gasteiger partial charge in [-0.05, 0) is 74.4 Å². The molecule has 2 saturated heterocycles. The number of hydrogen-bond acceptors (Lipinski definition) is 6.